The Balaban J connectivity index is 1.52. The van der Waals surface area contributed by atoms with Gasteiger partial charge in [-0.25, -0.2) is 17.9 Å². The largest absolute Gasteiger partial charge is 0.489 e. The molecule has 1 atom stereocenters. The topological polar surface area (TPSA) is 122 Å². The molecule has 0 bridgehead atoms. The van der Waals surface area contributed by atoms with E-state index in [1.165, 1.54) is 11.0 Å². The molecule has 0 heterocycles. The quantitative estimate of drug-likeness (QED) is 0.198. The average Bonchev–Trinajstić information content (AvgIpc) is 3.03. The van der Waals surface area contributed by atoms with E-state index in [1.807, 2.05) is 82.3 Å². The highest BCUT2D eigenvalue weighted by Gasteiger charge is 2.26. The van der Waals surface area contributed by atoms with Crippen LogP contribution in [0.25, 0.3) is 11.1 Å². The Morgan fingerprint density at radius 1 is 0.957 bits per heavy atom. The van der Waals surface area contributed by atoms with E-state index in [0.29, 0.717) is 19.4 Å². The Kier molecular flexibility index (Phi) is 12.5. The number of aliphatic hydroxyl groups is 1. The highest BCUT2D eigenvalue weighted by Crippen LogP contribution is 2.33. The van der Waals surface area contributed by atoms with Crippen LogP contribution < -0.4 is 9.46 Å². The summed E-state index contributed by atoms with van der Waals surface area (Å²) in [6.45, 7) is 7.68. The molecule has 1 saturated carbocycles. The number of rotatable bonds is 13. The maximum atomic E-state index is 13.2. The molecule has 0 radical (unpaired) electrons. The van der Waals surface area contributed by atoms with E-state index in [0.717, 1.165) is 54.4 Å². The molecule has 2 amide bonds. The molecule has 254 valence electrons. The third-order valence-electron chi connectivity index (χ3n) is 7.99. The van der Waals surface area contributed by atoms with Gasteiger partial charge in [0.1, 0.15) is 16.2 Å². The van der Waals surface area contributed by atoms with Gasteiger partial charge in [-0.1, -0.05) is 74.0 Å². The van der Waals surface area contributed by atoms with Crippen LogP contribution in [0.3, 0.4) is 0 Å². The molecule has 0 spiro atoms. The normalized spacial score (nSPS) is 14.7. The number of amides is 2. The van der Waals surface area contributed by atoms with Gasteiger partial charge < -0.3 is 19.5 Å². The summed E-state index contributed by atoms with van der Waals surface area (Å²) >= 11 is 0. The minimum atomic E-state index is -4.11. The van der Waals surface area contributed by atoms with Crippen LogP contribution in [0, 0.1) is 0 Å². The Hall–Kier alpha value is -3.89. The lowest BCUT2D eigenvalue weighted by molar-refractivity contribution is -0.119. The van der Waals surface area contributed by atoms with Crippen LogP contribution in [-0.4, -0.2) is 55.2 Å². The second kappa shape index (κ2) is 16.3. The zero-order chi connectivity index (χ0) is 34.0. The number of hydrogen-bond donors (Lipinski definition) is 2. The van der Waals surface area contributed by atoms with Gasteiger partial charge in [0.05, 0.1) is 18.8 Å². The van der Waals surface area contributed by atoms with Crippen molar-refractivity contribution in [2.75, 3.05) is 13.1 Å². The fourth-order valence-electron chi connectivity index (χ4n) is 5.55. The van der Waals surface area contributed by atoms with E-state index in [9.17, 15) is 23.1 Å². The summed E-state index contributed by atoms with van der Waals surface area (Å²) < 4.78 is 40.5. The number of ether oxygens (including phenoxy) is 2. The molecular formula is C37H48N2O7S. The molecule has 1 aliphatic carbocycles. The number of benzene rings is 3. The molecule has 9 nitrogen and oxygen atoms in total. The Labute approximate surface area is 279 Å². The number of hydrogen-bond acceptors (Lipinski definition) is 7. The van der Waals surface area contributed by atoms with Crippen molar-refractivity contribution in [3.05, 3.63) is 83.9 Å². The third-order valence-corrected chi connectivity index (χ3v) is 9.40. The van der Waals surface area contributed by atoms with Crippen LogP contribution in [0.15, 0.2) is 77.7 Å². The highest BCUT2D eigenvalue weighted by atomic mass is 32.2. The van der Waals surface area contributed by atoms with Crippen molar-refractivity contribution >= 4 is 22.0 Å². The molecular weight excluding hydrogens is 616 g/mol. The van der Waals surface area contributed by atoms with Gasteiger partial charge in [0, 0.05) is 13.0 Å². The number of nitrogens with zero attached hydrogens (tertiary/aromatic N) is 1. The van der Waals surface area contributed by atoms with Gasteiger partial charge in [0.15, 0.2) is 0 Å². The smallest absolute Gasteiger partial charge is 0.410 e. The van der Waals surface area contributed by atoms with E-state index in [4.69, 9.17) is 9.47 Å². The van der Waals surface area contributed by atoms with E-state index in [-0.39, 0.29) is 29.7 Å². The molecule has 0 unspecified atom stereocenters. The van der Waals surface area contributed by atoms with Crippen molar-refractivity contribution in [3.63, 3.8) is 0 Å². The third kappa shape index (κ3) is 10.8. The molecule has 3 aromatic rings. The van der Waals surface area contributed by atoms with Gasteiger partial charge in [0.2, 0.25) is 5.91 Å². The minimum Gasteiger partial charge on any atom is -0.489 e. The molecule has 1 fully saturated rings. The maximum Gasteiger partial charge on any atom is 0.410 e. The number of nitrogens with one attached hydrogen (secondary N) is 1. The second-order valence-corrected chi connectivity index (χ2v) is 14.8. The monoisotopic (exact) mass is 664 g/mol. The van der Waals surface area contributed by atoms with Crippen LogP contribution in [0.4, 0.5) is 4.79 Å². The lowest BCUT2D eigenvalue weighted by Crippen LogP contribution is -2.40. The molecule has 1 aliphatic rings. The van der Waals surface area contributed by atoms with Gasteiger partial charge in [-0.15, -0.1) is 0 Å². The maximum absolute atomic E-state index is 13.2. The molecule has 10 heteroatoms. The van der Waals surface area contributed by atoms with E-state index in [1.54, 1.807) is 12.1 Å². The first-order chi connectivity index (χ1) is 22.3. The predicted molar refractivity (Wildman–Crippen MR) is 183 cm³/mol. The van der Waals surface area contributed by atoms with Crippen molar-refractivity contribution in [2.45, 2.75) is 102 Å². The molecule has 47 heavy (non-hydrogen) atoms. The summed E-state index contributed by atoms with van der Waals surface area (Å²) in [5.74, 6) is -0.309. The fourth-order valence-corrected chi connectivity index (χ4v) is 6.68. The number of carbonyl (C=O) groups excluding carboxylic acids is 2. The van der Waals surface area contributed by atoms with Crippen LogP contribution in [-0.2, 0) is 26.0 Å². The second-order valence-electron chi connectivity index (χ2n) is 13.1. The molecule has 0 aromatic heterocycles. The minimum absolute atomic E-state index is 0.0483. The lowest BCUT2D eigenvalue weighted by atomic mass is 9.97. The summed E-state index contributed by atoms with van der Waals surface area (Å²) in [6, 6.07) is 22.0. The van der Waals surface area contributed by atoms with E-state index in [2.05, 4.69) is 4.72 Å². The molecule has 4 rings (SSSR count). The van der Waals surface area contributed by atoms with Crippen molar-refractivity contribution in [2.24, 2.45) is 0 Å². The number of aliphatic hydroxyl groups excluding tert-OH is 1. The van der Waals surface area contributed by atoms with Gasteiger partial charge in [-0.2, -0.15) is 0 Å². The SMILES string of the molecule is CCCC(=O)NS(=O)(=O)c1ccc(-c2ccc(CCN(C[C@H](O)c3ccccc3)C(=O)OC(C)(C)C)cc2)cc1OC1CCCCC1. The summed E-state index contributed by atoms with van der Waals surface area (Å²) in [4.78, 5) is 26.7. The van der Waals surface area contributed by atoms with Crippen LogP contribution >= 0.6 is 0 Å². The Bertz CT molecular complexity index is 1580. The van der Waals surface area contributed by atoms with Crippen LogP contribution in [0.2, 0.25) is 0 Å². The van der Waals surface area contributed by atoms with E-state index < -0.39 is 33.7 Å². The molecule has 3 aromatic carbocycles. The van der Waals surface area contributed by atoms with Crippen molar-refractivity contribution in [1.29, 1.82) is 0 Å². The summed E-state index contributed by atoms with van der Waals surface area (Å²) in [5, 5.41) is 10.8. The highest BCUT2D eigenvalue weighted by molar-refractivity contribution is 7.90. The average molecular weight is 665 g/mol. The molecule has 0 saturated heterocycles. The first-order valence-corrected chi connectivity index (χ1v) is 18.0. The Morgan fingerprint density at radius 2 is 1.62 bits per heavy atom. The first-order valence-electron chi connectivity index (χ1n) is 16.5. The Morgan fingerprint density at radius 3 is 2.26 bits per heavy atom. The van der Waals surface area contributed by atoms with Crippen molar-refractivity contribution in [3.8, 4) is 16.9 Å². The lowest BCUT2D eigenvalue weighted by Gasteiger charge is -2.29. The van der Waals surface area contributed by atoms with Crippen molar-refractivity contribution in [1.82, 2.24) is 9.62 Å². The molecule has 0 aliphatic heterocycles. The summed E-state index contributed by atoms with van der Waals surface area (Å²) in [6.07, 6.45) is 4.64. The van der Waals surface area contributed by atoms with Gasteiger partial charge in [-0.3, -0.25) is 4.79 Å². The molecule has 2 N–H and O–H groups in total. The zero-order valence-electron chi connectivity index (χ0n) is 27.9. The number of carbonyl (C=O) groups is 2. The summed E-state index contributed by atoms with van der Waals surface area (Å²) in [5.41, 5.74) is 2.67. The van der Waals surface area contributed by atoms with Gasteiger partial charge in [0.25, 0.3) is 10.0 Å². The van der Waals surface area contributed by atoms with Crippen molar-refractivity contribution < 1.29 is 32.6 Å². The first kappa shape index (κ1) is 36.0. The van der Waals surface area contributed by atoms with E-state index >= 15 is 0 Å². The van der Waals surface area contributed by atoms with Gasteiger partial charge >= 0.3 is 6.09 Å². The zero-order valence-corrected chi connectivity index (χ0v) is 28.7. The number of sulfonamides is 1. The standard InChI is InChI=1S/C37H48N2O7S/c1-5-12-35(41)38-47(43,44)34-22-21-30(25-33(34)45-31-15-10-7-11-16-31)28-19-17-27(18-20-28)23-24-39(36(42)46-37(2,3)4)26-32(40)29-13-8-6-9-14-29/h6,8-9,13-14,17-22,25,31-32,40H,5,7,10-12,15-16,23-24,26H2,1-4H3,(H,38,41)/t32-/m0/s1. The van der Waals surface area contributed by atoms with Crippen LogP contribution in [0.5, 0.6) is 5.75 Å². The van der Waals surface area contributed by atoms with Gasteiger partial charge in [-0.05, 0) is 93.7 Å². The summed E-state index contributed by atoms with van der Waals surface area (Å²) in [7, 11) is -4.11. The fraction of sp³-hybridized carbons (Fsp3) is 0.459. The van der Waals surface area contributed by atoms with Crippen LogP contribution in [0.1, 0.15) is 89.9 Å². The predicted octanol–water partition coefficient (Wildman–Crippen LogP) is 7.18.